The van der Waals surface area contributed by atoms with Crippen molar-refractivity contribution in [1.29, 1.82) is 0 Å². The summed E-state index contributed by atoms with van der Waals surface area (Å²) >= 11 is 0. The van der Waals surface area contributed by atoms with Crippen LogP contribution in [0.2, 0.25) is 0 Å². The van der Waals surface area contributed by atoms with Crippen LogP contribution in [0.1, 0.15) is 0 Å². The van der Waals surface area contributed by atoms with Gasteiger partial charge >= 0.3 is 10.1 Å². The first-order valence-electron chi connectivity index (χ1n) is 1.52. The molecule has 4 N–H and O–H groups in total. The van der Waals surface area contributed by atoms with E-state index >= 15 is 0 Å². The van der Waals surface area contributed by atoms with E-state index in [-0.39, 0.29) is 5.55 Å². The topological polar surface area (TPSA) is 105 Å². The summed E-state index contributed by atoms with van der Waals surface area (Å²) in [7, 11) is -4.12. The van der Waals surface area contributed by atoms with E-state index in [4.69, 9.17) is 4.55 Å². The third-order valence-corrected chi connectivity index (χ3v) is 0.632. The third kappa shape index (κ3) is 5.34. The largest absolute Gasteiger partial charge is 0.306 e. The van der Waals surface area contributed by atoms with Crippen molar-refractivity contribution >= 4 is 15.7 Å². The summed E-state index contributed by atoms with van der Waals surface area (Å²) in [5, 5.41) is 2.81. The fourth-order valence-corrected chi connectivity index (χ4v) is 0.291. The van der Waals surface area contributed by atoms with E-state index in [2.05, 4.69) is 10.9 Å². The van der Waals surface area contributed by atoms with Crippen molar-refractivity contribution in [3.8, 4) is 0 Å². The van der Waals surface area contributed by atoms with Crippen molar-refractivity contribution in [2.45, 2.75) is 0 Å². The molecule has 0 bridgehead atoms. The van der Waals surface area contributed by atoms with Gasteiger partial charge in [0.05, 0.1) is 0 Å². The molecule has 0 amide bonds. The Labute approximate surface area is 46.1 Å². The molecule has 0 aliphatic rings. The van der Waals surface area contributed by atoms with Crippen LogP contribution in [0.25, 0.3) is 0 Å². The Kier molecular flexibility index (Phi) is 2.38. The number of rotatable bonds is 2. The summed E-state index contributed by atoms with van der Waals surface area (Å²) in [6.07, 6.45) is 0. The first kappa shape index (κ1) is 7.34. The SMILES string of the molecule is NNN=CS(=O)(=O)O. The molecule has 0 atom stereocenters. The molecular weight excluding hydrogens is 134 g/mol. The van der Waals surface area contributed by atoms with Crippen molar-refractivity contribution in [3.63, 3.8) is 0 Å². The number of hydrazone groups is 1. The number of nitrogens with zero attached hydrogens (tertiary/aromatic N) is 1. The molecular formula is CH5N3O3S. The quantitative estimate of drug-likeness (QED) is 0.139. The van der Waals surface area contributed by atoms with Crippen LogP contribution < -0.4 is 11.4 Å². The number of nitrogens with two attached hydrogens (primary N) is 1. The number of hydrazine groups is 1. The lowest BCUT2D eigenvalue weighted by molar-refractivity contribution is 0.499. The zero-order chi connectivity index (χ0) is 6.62. The lowest BCUT2D eigenvalue weighted by Gasteiger charge is -1.82. The maximum absolute atomic E-state index is 9.70. The molecule has 0 unspecified atom stereocenters. The highest BCUT2D eigenvalue weighted by Gasteiger charge is 1.93. The molecule has 0 rings (SSSR count). The maximum atomic E-state index is 9.70. The summed E-state index contributed by atoms with van der Waals surface area (Å²) < 4.78 is 27.3. The monoisotopic (exact) mass is 139 g/mol. The van der Waals surface area contributed by atoms with E-state index in [9.17, 15) is 8.42 Å². The summed E-state index contributed by atoms with van der Waals surface area (Å²) in [5.41, 5.74) is 1.94. The Morgan fingerprint density at radius 3 is 2.38 bits per heavy atom. The molecule has 0 aliphatic heterocycles. The van der Waals surface area contributed by atoms with E-state index in [0.29, 0.717) is 0 Å². The molecule has 0 aromatic heterocycles. The molecule has 0 spiro atoms. The zero-order valence-corrected chi connectivity index (χ0v) is 4.59. The van der Waals surface area contributed by atoms with Crippen molar-refractivity contribution in [2.75, 3.05) is 0 Å². The minimum atomic E-state index is -4.12. The zero-order valence-electron chi connectivity index (χ0n) is 3.77. The second-order valence-electron chi connectivity index (χ2n) is 0.879. The van der Waals surface area contributed by atoms with Gasteiger partial charge in [0, 0.05) is 0 Å². The van der Waals surface area contributed by atoms with Gasteiger partial charge < -0.3 is 0 Å². The molecule has 6 nitrogen and oxygen atoms in total. The van der Waals surface area contributed by atoms with Gasteiger partial charge in [0.25, 0.3) is 0 Å². The van der Waals surface area contributed by atoms with Crippen molar-refractivity contribution < 1.29 is 13.0 Å². The fraction of sp³-hybridized carbons (Fsp3) is 0. The molecule has 0 radical (unpaired) electrons. The van der Waals surface area contributed by atoms with E-state index < -0.39 is 10.1 Å². The van der Waals surface area contributed by atoms with Crippen LogP contribution in [-0.2, 0) is 10.1 Å². The summed E-state index contributed by atoms with van der Waals surface area (Å²) in [4.78, 5) is 0. The van der Waals surface area contributed by atoms with Gasteiger partial charge in [-0.05, 0) is 0 Å². The summed E-state index contributed by atoms with van der Waals surface area (Å²) in [6.45, 7) is 0. The molecule has 0 fully saturated rings. The Bertz CT molecular complexity index is 169. The van der Waals surface area contributed by atoms with Gasteiger partial charge in [0.1, 0.15) is 0 Å². The average molecular weight is 139 g/mol. The van der Waals surface area contributed by atoms with E-state index in [0.717, 1.165) is 0 Å². The van der Waals surface area contributed by atoms with Crippen LogP contribution in [0.4, 0.5) is 0 Å². The minimum absolute atomic E-state index is 0.285. The number of hydrogen-bond donors (Lipinski definition) is 3. The second-order valence-corrected chi connectivity index (χ2v) is 2.12. The van der Waals surface area contributed by atoms with Crippen molar-refractivity contribution in [3.05, 3.63) is 0 Å². The predicted octanol–water partition coefficient (Wildman–Crippen LogP) is -1.72. The van der Waals surface area contributed by atoms with Crippen LogP contribution in [0.15, 0.2) is 5.10 Å². The Hall–Kier alpha value is -0.660. The summed E-state index contributed by atoms with van der Waals surface area (Å²) in [5.74, 6) is 4.51. The molecule has 0 aromatic carbocycles. The molecule has 0 saturated heterocycles. The molecule has 0 aromatic rings. The van der Waals surface area contributed by atoms with Crippen LogP contribution >= 0.6 is 0 Å². The number of nitrogens with one attached hydrogen (secondary N) is 1. The first-order chi connectivity index (χ1) is 3.56. The van der Waals surface area contributed by atoms with Crippen LogP contribution in [0.3, 0.4) is 0 Å². The van der Waals surface area contributed by atoms with E-state index in [1.54, 1.807) is 5.53 Å². The van der Waals surface area contributed by atoms with E-state index in [1.165, 1.54) is 0 Å². The van der Waals surface area contributed by atoms with Crippen LogP contribution in [-0.4, -0.2) is 18.5 Å². The molecule has 0 aliphatic carbocycles. The van der Waals surface area contributed by atoms with E-state index in [1.807, 2.05) is 0 Å². The van der Waals surface area contributed by atoms with Gasteiger partial charge in [0.15, 0.2) is 5.55 Å². The smallest absolute Gasteiger partial charge is 0.281 e. The lowest BCUT2D eigenvalue weighted by atomic mass is 11.7. The predicted molar refractivity (Wildman–Crippen MR) is 27.4 cm³/mol. The third-order valence-electron chi connectivity index (χ3n) is 0.260. The Balaban J connectivity index is 3.92. The van der Waals surface area contributed by atoms with Gasteiger partial charge in [-0.2, -0.15) is 13.5 Å². The average Bonchev–Trinajstić information content (AvgIpc) is 1.59. The Morgan fingerprint density at radius 1 is 1.75 bits per heavy atom. The van der Waals surface area contributed by atoms with Gasteiger partial charge in [-0.1, -0.05) is 0 Å². The molecule has 48 valence electrons. The Morgan fingerprint density at radius 2 is 2.25 bits per heavy atom. The standard InChI is InChI=1S/CH5N3O3S/c2-4-3-1-8(5,6)7/h1,4H,2H2,(H,5,6,7). The highest BCUT2D eigenvalue weighted by atomic mass is 32.2. The van der Waals surface area contributed by atoms with Gasteiger partial charge in [-0.15, -0.1) is 0 Å². The van der Waals surface area contributed by atoms with Crippen molar-refractivity contribution in [2.24, 2.45) is 10.9 Å². The molecule has 0 heterocycles. The van der Waals surface area contributed by atoms with Crippen LogP contribution in [0, 0.1) is 0 Å². The highest BCUT2D eigenvalue weighted by Crippen LogP contribution is 1.69. The van der Waals surface area contributed by atoms with Crippen LogP contribution in [0.5, 0.6) is 0 Å². The van der Waals surface area contributed by atoms with Gasteiger partial charge in [-0.3, -0.25) is 4.55 Å². The maximum Gasteiger partial charge on any atom is 0.306 e. The van der Waals surface area contributed by atoms with Gasteiger partial charge in [-0.25, -0.2) is 11.4 Å². The minimum Gasteiger partial charge on any atom is -0.281 e. The van der Waals surface area contributed by atoms with Crippen molar-refractivity contribution in [1.82, 2.24) is 5.53 Å². The summed E-state index contributed by atoms with van der Waals surface area (Å²) in [6, 6.07) is 0. The fourth-order valence-electron chi connectivity index (χ4n) is 0.0970. The normalized spacial score (nSPS) is 12.2. The number of hydrogen-bond acceptors (Lipinski definition) is 5. The highest BCUT2D eigenvalue weighted by molar-refractivity contribution is 7.99. The lowest BCUT2D eigenvalue weighted by Crippen LogP contribution is -2.15. The molecule has 0 saturated carbocycles. The second kappa shape index (κ2) is 2.60. The first-order valence-corrected chi connectivity index (χ1v) is 3.03. The molecule has 8 heavy (non-hydrogen) atoms. The van der Waals surface area contributed by atoms with Gasteiger partial charge in [0.2, 0.25) is 0 Å². The molecule has 7 heteroatoms.